The van der Waals surface area contributed by atoms with E-state index >= 15 is 0 Å². The van der Waals surface area contributed by atoms with Crippen LogP contribution in [0.25, 0.3) is 21.2 Å². The van der Waals surface area contributed by atoms with E-state index in [9.17, 15) is 0 Å². The summed E-state index contributed by atoms with van der Waals surface area (Å²) in [6.45, 7) is 12.4. The molecule has 3 heteroatoms. The molecule has 24 heavy (non-hydrogen) atoms. The SMILES string of the molecule is C=C(CC(=C)c1sc2ccccc2c1Cl)c1ccc(N)cc1.CC. The van der Waals surface area contributed by atoms with Gasteiger partial charge in [0.15, 0.2) is 0 Å². The highest BCUT2D eigenvalue weighted by Crippen LogP contribution is 2.41. The topological polar surface area (TPSA) is 26.0 Å². The molecular weight excluding hydrogens is 334 g/mol. The highest BCUT2D eigenvalue weighted by Gasteiger charge is 2.13. The van der Waals surface area contributed by atoms with Gasteiger partial charge in [-0.3, -0.25) is 0 Å². The van der Waals surface area contributed by atoms with Crippen molar-refractivity contribution in [3.05, 3.63) is 77.2 Å². The summed E-state index contributed by atoms with van der Waals surface area (Å²) in [5.41, 5.74) is 9.55. The van der Waals surface area contributed by atoms with E-state index < -0.39 is 0 Å². The molecule has 3 rings (SSSR count). The normalized spacial score (nSPS) is 10.1. The van der Waals surface area contributed by atoms with Gasteiger partial charge in [0.1, 0.15) is 0 Å². The van der Waals surface area contributed by atoms with Crippen molar-refractivity contribution < 1.29 is 0 Å². The fourth-order valence-electron chi connectivity index (χ4n) is 2.40. The first-order chi connectivity index (χ1) is 11.6. The Morgan fingerprint density at radius 3 is 2.25 bits per heavy atom. The molecule has 2 N–H and O–H groups in total. The molecular formula is C21H22ClNS. The Labute approximate surface area is 153 Å². The van der Waals surface area contributed by atoms with E-state index in [2.05, 4.69) is 19.2 Å². The number of hydrogen-bond donors (Lipinski definition) is 1. The molecule has 0 radical (unpaired) electrons. The van der Waals surface area contributed by atoms with E-state index in [-0.39, 0.29) is 0 Å². The molecule has 0 amide bonds. The zero-order valence-electron chi connectivity index (χ0n) is 14.1. The van der Waals surface area contributed by atoms with Crippen LogP contribution in [0.3, 0.4) is 0 Å². The molecule has 1 aromatic heterocycles. The van der Waals surface area contributed by atoms with Crippen molar-refractivity contribution in [2.45, 2.75) is 20.3 Å². The van der Waals surface area contributed by atoms with Crippen LogP contribution in [-0.4, -0.2) is 0 Å². The first-order valence-corrected chi connectivity index (χ1v) is 9.14. The van der Waals surface area contributed by atoms with Gasteiger partial charge in [-0.15, -0.1) is 11.3 Å². The Morgan fingerprint density at radius 2 is 1.62 bits per heavy atom. The van der Waals surface area contributed by atoms with E-state index in [0.717, 1.165) is 37.7 Å². The maximum absolute atomic E-state index is 6.51. The van der Waals surface area contributed by atoms with Gasteiger partial charge >= 0.3 is 0 Å². The van der Waals surface area contributed by atoms with E-state index in [1.165, 1.54) is 4.70 Å². The quantitative estimate of drug-likeness (QED) is 0.489. The standard InChI is InChI=1S/C19H16ClNS.C2H6/c1-12(14-7-9-15(21)10-8-14)11-13(2)19-18(20)16-5-3-4-6-17(16)22-19;1-2/h3-10H,1-2,11,21H2;1-2H3. The summed E-state index contributed by atoms with van der Waals surface area (Å²) < 4.78 is 1.18. The minimum atomic E-state index is 0.691. The average Bonchev–Trinajstić information content (AvgIpc) is 2.94. The molecule has 0 aliphatic rings. The average molecular weight is 356 g/mol. The smallest absolute Gasteiger partial charge is 0.0667 e. The second-order valence-electron chi connectivity index (χ2n) is 5.25. The third kappa shape index (κ3) is 3.89. The molecule has 2 aromatic carbocycles. The van der Waals surface area contributed by atoms with E-state index in [0.29, 0.717) is 6.42 Å². The van der Waals surface area contributed by atoms with Crippen molar-refractivity contribution in [2.24, 2.45) is 0 Å². The van der Waals surface area contributed by atoms with Gasteiger partial charge in [-0.1, -0.05) is 68.9 Å². The minimum Gasteiger partial charge on any atom is -0.399 e. The Kier molecular flexibility index (Phi) is 6.24. The van der Waals surface area contributed by atoms with Crippen molar-refractivity contribution in [3.8, 4) is 0 Å². The first-order valence-electron chi connectivity index (χ1n) is 7.95. The fraction of sp³-hybridized carbons (Fsp3) is 0.143. The number of anilines is 1. The third-order valence-electron chi connectivity index (χ3n) is 3.60. The van der Waals surface area contributed by atoms with Gasteiger partial charge in [0.2, 0.25) is 0 Å². The number of rotatable bonds is 4. The number of halogens is 1. The molecule has 0 spiro atoms. The lowest BCUT2D eigenvalue weighted by molar-refractivity contribution is 1.43. The number of allylic oxidation sites excluding steroid dienone is 2. The number of benzene rings is 2. The van der Waals surface area contributed by atoms with Crippen LogP contribution in [0.4, 0.5) is 5.69 Å². The molecule has 0 bridgehead atoms. The summed E-state index contributed by atoms with van der Waals surface area (Å²) in [6.07, 6.45) is 0.691. The summed E-state index contributed by atoms with van der Waals surface area (Å²) in [7, 11) is 0. The summed E-state index contributed by atoms with van der Waals surface area (Å²) in [5, 5.41) is 1.87. The third-order valence-corrected chi connectivity index (χ3v) is 5.38. The van der Waals surface area contributed by atoms with Crippen molar-refractivity contribution in [2.75, 3.05) is 5.73 Å². The summed E-state index contributed by atoms with van der Waals surface area (Å²) >= 11 is 8.18. The van der Waals surface area contributed by atoms with Crippen LogP contribution in [0.2, 0.25) is 5.02 Å². The Morgan fingerprint density at radius 1 is 1.00 bits per heavy atom. The van der Waals surface area contributed by atoms with Crippen molar-refractivity contribution in [3.63, 3.8) is 0 Å². The number of nitrogens with two attached hydrogens (primary N) is 1. The Bertz CT molecular complexity index is 859. The second kappa shape index (κ2) is 8.18. The molecule has 0 atom stereocenters. The molecule has 1 heterocycles. The van der Waals surface area contributed by atoms with Gasteiger partial charge in [0.25, 0.3) is 0 Å². The molecule has 0 aliphatic carbocycles. The monoisotopic (exact) mass is 355 g/mol. The maximum atomic E-state index is 6.51. The largest absolute Gasteiger partial charge is 0.399 e. The molecule has 1 nitrogen and oxygen atoms in total. The zero-order valence-corrected chi connectivity index (χ0v) is 15.7. The fourth-order valence-corrected chi connectivity index (χ4v) is 3.93. The van der Waals surface area contributed by atoms with E-state index in [4.69, 9.17) is 17.3 Å². The lowest BCUT2D eigenvalue weighted by Crippen LogP contribution is -1.88. The number of thiophene rings is 1. The predicted molar refractivity (Wildman–Crippen MR) is 112 cm³/mol. The lowest BCUT2D eigenvalue weighted by Gasteiger charge is -2.08. The van der Waals surface area contributed by atoms with Crippen LogP contribution < -0.4 is 5.73 Å². The van der Waals surface area contributed by atoms with Gasteiger partial charge in [-0.05, 0) is 41.3 Å². The Hall–Kier alpha value is -2.03. The van der Waals surface area contributed by atoms with Crippen LogP contribution in [0, 0.1) is 0 Å². The van der Waals surface area contributed by atoms with Crippen LogP contribution in [0.15, 0.2) is 61.7 Å². The van der Waals surface area contributed by atoms with Gasteiger partial charge in [0, 0.05) is 20.7 Å². The first kappa shape index (κ1) is 18.3. The van der Waals surface area contributed by atoms with Crippen molar-refractivity contribution >= 4 is 49.9 Å². The van der Waals surface area contributed by atoms with Gasteiger partial charge in [-0.2, -0.15) is 0 Å². The minimum absolute atomic E-state index is 0.691. The molecule has 3 aromatic rings. The second-order valence-corrected chi connectivity index (χ2v) is 6.68. The zero-order chi connectivity index (χ0) is 17.7. The van der Waals surface area contributed by atoms with Crippen molar-refractivity contribution in [1.82, 2.24) is 0 Å². The molecule has 0 aliphatic heterocycles. The van der Waals surface area contributed by atoms with Crippen LogP contribution in [0.1, 0.15) is 30.7 Å². The van der Waals surface area contributed by atoms with Crippen LogP contribution in [-0.2, 0) is 0 Å². The van der Waals surface area contributed by atoms with Gasteiger partial charge < -0.3 is 5.73 Å². The summed E-state index contributed by atoms with van der Waals surface area (Å²) in [4.78, 5) is 1.04. The highest BCUT2D eigenvalue weighted by atomic mass is 35.5. The summed E-state index contributed by atoms with van der Waals surface area (Å²) in [6, 6.07) is 15.9. The van der Waals surface area contributed by atoms with E-state index in [1.807, 2.05) is 56.3 Å². The molecule has 0 saturated carbocycles. The molecule has 0 fully saturated rings. The maximum Gasteiger partial charge on any atom is 0.0667 e. The predicted octanol–water partition coefficient (Wildman–Crippen LogP) is 7.28. The molecule has 0 saturated heterocycles. The number of hydrogen-bond acceptors (Lipinski definition) is 2. The van der Waals surface area contributed by atoms with Gasteiger partial charge in [-0.25, -0.2) is 0 Å². The van der Waals surface area contributed by atoms with Crippen LogP contribution in [0.5, 0.6) is 0 Å². The van der Waals surface area contributed by atoms with Gasteiger partial charge in [0.05, 0.1) is 5.02 Å². The van der Waals surface area contributed by atoms with Crippen LogP contribution >= 0.6 is 22.9 Å². The summed E-state index contributed by atoms with van der Waals surface area (Å²) in [5.74, 6) is 0. The lowest BCUT2D eigenvalue weighted by atomic mass is 9.99. The number of fused-ring (bicyclic) bond motifs is 1. The van der Waals surface area contributed by atoms with Crippen molar-refractivity contribution in [1.29, 1.82) is 0 Å². The Balaban J connectivity index is 0.00000100. The molecule has 124 valence electrons. The molecule has 0 unspecified atom stereocenters. The number of nitrogen functional groups attached to an aromatic ring is 1. The van der Waals surface area contributed by atoms with E-state index in [1.54, 1.807) is 11.3 Å². The highest BCUT2D eigenvalue weighted by molar-refractivity contribution is 7.20.